The lowest BCUT2D eigenvalue weighted by molar-refractivity contribution is -0.162. The normalized spacial score (nSPS) is 37.9. The molecule has 1 saturated heterocycles. The van der Waals surface area contributed by atoms with Crippen LogP contribution >= 0.6 is 0 Å². The zero-order valence-corrected chi connectivity index (χ0v) is 17.6. The molecule has 6 heteroatoms. The van der Waals surface area contributed by atoms with Crippen LogP contribution in [0.25, 0.3) is 0 Å². The van der Waals surface area contributed by atoms with Crippen molar-refractivity contribution in [1.82, 2.24) is 0 Å². The van der Waals surface area contributed by atoms with Crippen LogP contribution in [0.5, 0.6) is 0 Å². The van der Waals surface area contributed by atoms with Gasteiger partial charge in [-0.1, -0.05) is 39.0 Å². The van der Waals surface area contributed by atoms with E-state index in [1.807, 2.05) is 26.0 Å². The van der Waals surface area contributed by atoms with Crippen molar-refractivity contribution in [2.45, 2.75) is 83.7 Å². The molecule has 6 nitrogen and oxygen atoms in total. The molecule has 0 saturated carbocycles. The van der Waals surface area contributed by atoms with Crippen LogP contribution in [0.2, 0.25) is 0 Å². The van der Waals surface area contributed by atoms with E-state index in [1.165, 1.54) is 0 Å². The van der Waals surface area contributed by atoms with Gasteiger partial charge in [-0.3, -0.25) is 9.59 Å². The number of carbonyl (C=O) groups is 2. The third-order valence-electron chi connectivity index (χ3n) is 6.71. The Kier molecular flexibility index (Phi) is 7.17. The number of rotatable bonds is 6. The van der Waals surface area contributed by atoms with E-state index < -0.39 is 12.2 Å². The maximum atomic E-state index is 12.5. The molecule has 1 aliphatic heterocycles. The first-order valence-electron chi connectivity index (χ1n) is 10.9. The summed E-state index contributed by atoms with van der Waals surface area (Å²) < 4.78 is 11.3. The molecule has 2 aliphatic carbocycles. The number of fused-ring (bicyclic) bond motifs is 1. The van der Waals surface area contributed by atoms with Crippen LogP contribution in [0, 0.1) is 23.7 Å². The van der Waals surface area contributed by atoms with Crippen molar-refractivity contribution >= 4 is 11.9 Å². The number of ether oxygens (including phenoxy) is 2. The minimum absolute atomic E-state index is 0.0237. The third kappa shape index (κ3) is 5.28. The van der Waals surface area contributed by atoms with Crippen LogP contribution in [-0.4, -0.2) is 46.6 Å². The van der Waals surface area contributed by atoms with E-state index in [9.17, 15) is 19.8 Å². The molecule has 0 amide bonds. The Morgan fingerprint density at radius 2 is 2.07 bits per heavy atom. The van der Waals surface area contributed by atoms with Gasteiger partial charge in [0, 0.05) is 18.8 Å². The van der Waals surface area contributed by atoms with E-state index in [-0.39, 0.29) is 54.2 Å². The number of hydrogen-bond donors (Lipinski definition) is 2. The van der Waals surface area contributed by atoms with E-state index in [0.717, 1.165) is 18.4 Å². The average molecular weight is 407 g/mol. The molecule has 2 N–H and O–H groups in total. The molecule has 29 heavy (non-hydrogen) atoms. The van der Waals surface area contributed by atoms with Crippen molar-refractivity contribution in [2.75, 3.05) is 0 Å². The highest BCUT2D eigenvalue weighted by Crippen LogP contribution is 2.44. The van der Waals surface area contributed by atoms with Gasteiger partial charge in [0.15, 0.2) is 0 Å². The van der Waals surface area contributed by atoms with Gasteiger partial charge >= 0.3 is 11.9 Å². The molecule has 0 spiro atoms. The van der Waals surface area contributed by atoms with Crippen molar-refractivity contribution in [1.29, 1.82) is 0 Å². The molecule has 0 aromatic heterocycles. The molecule has 3 rings (SSSR count). The fourth-order valence-electron chi connectivity index (χ4n) is 4.84. The predicted molar refractivity (Wildman–Crippen MR) is 108 cm³/mol. The first kappa shape index (κ1) is 22.0. The van der Waals surface area contributed by atoms with Crippen LogP contribution < -0.4 is 0 Å². The molecule has 0 unspecified atom stereocenters. The van der Waals surface area contributed by atoms with Crippen molar-refractivity contribution in [3.63, 3.8) is 0 Å². The first-order chi connectivity index (χ1) is 13.8. The Labute approximate surface area is 173 Å². The Bertz CT molecular complexity index is 668. The minimum Gasteiger partial charge on any atom is -0.462 e. The summed E-state index contributed by atoms with van der Waals surface area (Å²) in [5.74, 6) is -0.203. The van der Waals surface area contributed by atoms with Crippen LogP contribution in [0.4, 0.5) is 0 Å². The minimum atomic E-state index is -0.630. The zero-order valence-electron chi connectivity index (χ0n) is 17.6. The summed E-state index contributed by atoms with van der Waals surface area (Å²) in [5, 5.41) is 20.2. The molecule has 1 fully saturated rings. The second-order valence-electron chi connectivity index (χ2n) is 8.95. The molecule has 1 heterocycles. The highest BCUT2D eigenvalue weighted by molar-refractivity contribution is 5.72. The second-order valence-corrected chi connectivity index (χ2v) is 8.95. The Morgan fingerprint density at radius 3 is 2.76 bits per heavy atom. The maximum Gasteiger partial charge on any atom is 0.308 e. The Balaban J connectivity index is 1.74. The fourth-order valence-corrected chi connectivity index (χ4v) is 4.84. The lowest BCUT2D eigenvalue weighted by Gasteiger charge is -2.43. The molecule has 0 radical (unpaired) electrons. The summed E-state index contributed by atoms with van der Waals surface area (Å²) in [4.78, 5) is 24.1. The molecule has 8 atom stereocenters. The Morgan fingerprint density at radius 1 is 1.31 bits per heavy atom. The summed E-state index contributed by atoms with van der Waals surface area (Å²) in [6, 6.07) is 0. The second kappa shape index (κ2) is 9.43. The van der Waals surface area contributed by atoms with E-state index in [2.05, 4.69) is 13.0 Å². The summed E-state index contributed by atoms with van der Waals surface area (Å²) >= 11 is 0. The zero-order chi connectivity index (χ0) is 21.1. The first-order valence-corrected chi connectivity index (χ1v) is 10.9. The SMILES string of the molecule is CC[C@H](C)C(=O)O[C@H]1C[C@@H](O)C=C2C=C[C@H](C)[C@H](CC[C@@H]3C[C@@H](O)CC(=O)O3)[C@H]21. The quantitative estimate of drug-likeness (QED) is 0.659. The average Bonchev–Trinajstić information content (AvgIpc) is 2.65. The van der Waals surface area contributed by atoms with Gasteiger partial charge in [-0.15, -0.1) is 0 Å². The van der Waals surface area contributed by atoms with Gasteiger partial charge in [0.2, 0.25) is 0 Å². The van der Waals surface area contributed by atoms with Crippen molar-refractivity contribution in [2.24, 2.45) is 23.7 Å². The number of aliphatic hydroxyl groups is 2. The van der Waals surface area contributed by atoms with Crippen LogP contribution in [0.15, 0.2) is 23.8 Å². The van der Waals surface area contributed by atoms with Crippen LogP contribution in [-0.2, 0) is 19.1 Å². The molecule has 162 valence electrons. The monoisotopic (exact) mass is 406 g/mol. The van der Waals surface area contributed by atoms with Crippen LogP contribution in [0.3, 0.4) is 0 Å². The van der Waals surface area contributed by atoms with E-state index in [4.69, 9.17) is 9.47 Å². The predicted octanol–water partition coefficient (Wildman–Crippen LogP) is 2.92. The van der Waals surface area contributed by atoms with E-state index in [0.29, 0.717) is 19.3 Å². The van der Waals surface area contributed by atoms with E-state index >= 15 is 0 Å². The van der Waals surface area contributed by atoms with Crippen molar-refractivity contribution < 1.29 is 29.3 Å². The number of cyclic esters (lactones) is 1. The molecular formula is C23H34O6. The summed E-state index contributed by atoms with van der Waals surface area (Å²) in [5.41, 5.74) is 1.02. The largest absolute Gasteiger partial charge is 0.462 e. The number of allylic oxidation sites excluding steroid dienone is 2. The van der Waals surface area contributed by atoms with E-state index in [1.54, 1.807) is 0 Å². The summed E-state index contributed by atoms with van der Waals surface area (Å²) in [7, 11) is 0. The molecule has 0 bridgehead atoms. The topological polar surface area (TPSA) is 93.1 Å². The third-order valence-corrected chi connectivity index (χ3v) is 6.71. The summed E-state index contributed by atoms with van der Waals surface area (Å²) in [6.45, 7) is 5.97. The molecule has 0 aromatic rings. The van der Waals surface area contributed by atoms with Gasteiger partial charge in [-0.05, 0) is 36.7 Å². The van der Waals surface area contributed by atoms with Crippen molar-refractivity contribution in [3.05, 3.63) is 23.8 Å². The van der Waals surface area contributed by atoms with Crippen LogP contribution in [0.1, 0.15) is 59.3 Å². The van der Waals surface area contributed by atoms with Gasteiger partial charge < -0.3 is 19.7 Å². The van der Waals surface area contributed by atoms with Gasteiger partial charge in [0.1, 0.15) is 12.2 Å². The molecule has 0 aromatic carbocycles. The van der Waals surface area contributed by atoms with Crippen molar-refractivity contribution in [3.8, 4) is 0 Å². The van der Waals surface area contributed by atoms with Gasteiger partial charge in [-0.2, -0.15) is 0 Å². The smallest absolute Gasteiger partial charge is 0.308 e. The highest BCUT2D eigenvalue weighted by Gasteiger charge is 2.42. The van der Waals surface area contributed by atoms with Gasteiger partial charge in [0.25, 0.3) is 0 Å². The lowest BCUT2D eigenvalue weighted by atomic mass is 9.66. The Hall–Kier alpha value is -1.66. The van der Waals surface area contributed by atoms with Gasteiger partial charge in [0.05, 0.1) is 24.5 Å². The maximum absolute atomic E-state index is 12.5. The highest BCUT2D eigenvalue weighted by atomic mass is 16.6. The number of esters is 2. The molecular weight excluding hydrogens is 372 g/mol. The fraction of sp³-hybridized carbons (Fsp3) is 0.739. The number of carbonyl (C=O) groups excluding carboxylic acids is 2. The number of hydrogen-bond acceptors (Lipinski definition) is 6. The number of aliphatic hydroxyl groups excluding tert-OH is 2. The standard InChI is InChI=1S/C23H34O6/c1-4-13(2)23(27)29-20-11-16(24)9-15-6-5-14(3)19(22(15)20)8-7-18-10-17(25)12-21(26)28-18/h5-6,9,13-14,16-20,22,24-25H,4,7-8,10-12H2,1-3H3/t13-,14-,16-,17+,18+,19-,20-,22-/m0/s1. The molecule has 3 aliphatic rings. The van der Waals surface area contributed by atoms with Gasteiger partial charge in [-0.25, -0.2) is 0 Å². The lowest BCUT2D eigenvalue weighted by Crippen LogP contribution is -2.43. The summed E-state index contributed by atoms with van der Waals surface area (Å²) in [6.07, 6.45) is 7.31.